The van der Waals surface area contributed by atoms with Crippen molar-refractivity contribution in [2.45, 2.75) is 50.6 Å². The van der Waals surface area contributed by atoms with Crippen LogP contribution in [0.2, 0.25) is 0 Å². The smallest absolute Gasteiger partial charge is 0.414 e. The molecule has 2 N–H and O–H groups in total. The van der Waals surface area contributed by atoms with Gasteiger partial charge in [-0.2, -0.15) is 13.2 Å². The van der Waals surface area contributed by atoms with Gasteiger partial charge in [-0.15, -0.1) is 0 Å². The van der Waals surface area contributed by atoms with Crippen LogP contribution in [0.5, 0.6) is 0 Å². The first-order valence-electron chi connectivity index (χ1n) is 5.15. The Kier molecular flexibility index (Phi) is 3.46. The highest BCUT2D eigenvalue weighted by Gasteiger charge is 2.54. The number of nitrogens with two attached hydrogens (primary N) is 1. The number of alkyl halides is 3. The lowest BCUT2D eigenvalue weighted by molar-refractivity contribution is -0.206. The van der Waals surface area contributed by atoms with Gasteiger partial charge in [-0.3, -0.25) is 0 Å². The summed E-state index contributed by atoms with van der Waals surface area (Å²) in [6, 6.07) is 0. The van der Waals surface area contributed by atoms with E-state index in [1.165, 1.54) is 0 Å². The first-order valence-corrected chi connectivity index (χ1v) is 5.15. The molecule has 1 aliphatic rings. The Morgan fingerprint density at radius 2 is 1.94 bits per heavy atom. The Labute approximate surface area is 97.2 Å². The first-order chi connectivity index (χ1) is 7.44. The molecular weight excluding hydrogens is 239 g/mol. The van der Waals surface area contributed by atoms with Crippen LogP contribution in [0.3, 0.4) is 0 Å². The molecule has 1 rings (SSSR count). The number of rotatable bonds is 1. The molecule has 1 saturated heterocycles. The van der Waals surface area contributed by atoms with Crippen LogP contribution in [0, 0.1) is 0 Å². The van der Waals surface area contributed by atoms with Gasteiger partial charge in [0, 0.05) is 6.42 Å². The van der Waals surface area contributed by atoms with Gasteiger partial charge in [0.05, 0.1) is 6.61 Å². The van der Waals surface area contributed by atoms with Crippen molar-refractivity contribution in [2.75, 3.05) is 6.61 Å². The highest BCUT2D eigenvalue weighted by molar-refractivity contribution is 5.81. The highest BCUT2D eigenvalue weighted by Crippen LogP contribution is 2.35. The Morgan fingerprint density at radius 3 is 2.29 bits per heavy atom. The number of carbonyl (C=O) groups is 1. The van der Waals surface area contributed by atoms with E-state index in [2.05, 4.69) is 4.74 Å². The third-order valence-corrected chi connectivity index (χ3v) is 2.26. The Morgan fingerprint density at radius 1 is 1.41 bits per heavy atom. The SMILES string of the molecule is CC(C)(C)OC(=O)[C@@]1(N)CO[C@H](C(F)(F)F)C1. The molecule has 1 aliphatic heterocycles. The number of halogens is 3. The molecular formula is C10H16F3NO3. The molecule has 1 fully saturated rings. The predicted octanol–water partition coefficient (Wildman–Crippen LogP) is 1.38. The van der Waals surface area contributed by atoms with Gasteiger partial charge in [0.25, 0.3) is 0 Å². The van der Waals surface area contributed by atoms with E-state index >= 15 is 0 Å². The second-order valence-corrected chi connectivity index (χ2v) is 5.20. The summed E-state index contributed by atoms with van der Waals surface area (Å²) in [7, 11) is 0. The molecule has 0 aromatic carbocycles. The van der Waals surface area contributed by atoms with E-state index in [-0.39, 0.29) is 0 Å². The van der Waals surface area contributed by atoms with Crippen molar-refractivity contribution in [3.63, 3.8) is 0 Å². The van der Waals surface area contributed by atoms with Crippen LogP contribution in [0.4, 0.5) is 13.2 Å². The molecule has 0 aromatic heterocycles. The molecule has 100 valence electrons. The molecule has 0 amide bonds. The maximum atomic E-state index is 12.4. The van der Waals surface area contributed by atoms with E-state index in [1.54, 1.807) is 20.8 Å². The lowest BCUT2D eigenvalue weighted by atomic mass is 9.97. The molecule has 17 heavy (non-hydrogen) atoms. The molecule has 1 heterocycles. The van der Waals surface area contributed by atoms with Crippen LogP contribution in [-0.2, 0) is 14.3 Å². The molecule has 4 nitrogen and oxygen atoms in total. The monoisotopic (exact) mass is 255 g/mol. The van der Waals surface area contributed by atoms with Crippen LogP contribution in [0.25, 0.3) is 0 Å². The first kappa shape index (κ1) is 14.2. The van der Waals surface area contributed by atoms with E-state index < -0.39 is 42.4 Å². The number of esters is 1. The topological polar surface area (TPSA) is 61.5 Å². The minimum Gasteiger partial charge on any atom is -0.459 e. The van der Waals surface area contributed by atoms with E-state index in [1.807, 2.05) is 0 Å². The van der Waals surface area contributed by atoms with Gasteiger partial charge in [-0.1, -0.05) is 0 Å². The molecule has 7 heteroatoms. The van der Waals surface area contributed by atoms with Gasteiger partial charge in [0.1, 0.15) is 11.1 Å². The van der Waals surface area contributed by atoms with Gasteiger partial charge in [-0.05, 0) is 20.8 Å². The quantitative estimate of drug-likeness (QED) is 0.719. The zero-order valence-electron chi connectivity index (χ0n) is 9.93. The number of ether oxygens (including phenoxy) is 2. The van der Waals surface area contributed by atoms with E-state index in [9.17, 15) is 18.0 Å². The molecule has 2 atom stereocenters. The fourth-order valence-corrected chi connectivity index (χ4v) is 1.43. The molecule has 0 spiro atoms. The van der Waals surface area contributed by atoms with E-state index in [0.29, 0.717) is 0 Å². The zero-order chi connectivity index (χ0) is 13.5. The largest absolute Gasteiger partial charge is 0.459 e. The molecule has 0 aliphatic carbocycles. The Balaban J connectivity index is 2.70. The van der Waals surface area contributed by atoms with Crippen molar-refractivity contribution in [3.05, 3.63) is 0 Å². The van der Waals surface area contributed by atoms with Crippen molar-refractivity contribution in [1.82, 2.24) is 0 Å². The molecule has 0 saturated carbocycles. The molecule has 0 aromatic rings. The third-order valence-electron chi connectivity index (χ3n) is 2.26. The van der Waals surface area contributed by atoms with Crippen molar-refractivity contribution >= 4 is 5.97 Å². The number of hydrogen-bond donors (Lipinski definition) is 1. The second kappa shape index (κ2) is 4.13. The van der Waals surface area contributed by atoms with Crippen LogP contribution < -0.4 is 5.73 Å². The van der Waals surface area contributed by atoms with Gasteiger partial charge in [0.15, 0.2) is 6.10 Å². The summed E-state index contributed by atoms with van der Waals surface area (Å²) in [6.45, 7) is 4.37. The van der Waals surface area contributed by atoms with Crippen LogP contribution >= 0.6 is 0 Å². The van der Waals surface area contributed by atoms with Gasteiger partial charge >= 0.3 is 12.1 Å². The summed E-state index contributed by atoms with van der Waals surface area (Å²) >= 11 is 0. The molecule has 0 unspecified atom stereocenters. The second-order valence-electron chi connectivity index (χ2n) is 5.20. The Bertz CT molecular complexity index is 311. The third kappa shape index (κ3) is 3.57. The van der Waals surface area contributed by atoms with Gasteiger partial charge < -0.3 is 15.2 Å². The normalized spacial score (nSPS) is 30.4. The summed E-state index contributed by atoms with van der Waals surface area (Å²) in [5.41, 5.74) is 3.09. The van der Waals surface area contributed by atoms with E-state index in [0.717, 1.165) is 0 Å². The summed E-state index contributed by atoms with van der Waals surface area (Å²) in [5.74, 6) is -0.864. The Hall–Kier alpha value is -0.820. The minimum atomic E-state index is -4.51. The molecule has 0 bridgehead atoms. The minimum absolute atomic E-state index is 0.480. The summed E-state index contributed by atoms with van der Waals surface area (Å²) in [5, 5.41) is 0. The summed E-state index contributed by atoms with van der Waals surface area (Å²) in [4.78, 5) is 11.7. The lowest BCUT2D eigenvalue weighted by Gasteiger charge is -2.27. The van der Waals surface area contributed by atoms with Crippen molar-refractivity contribution in [2.24, 2.45) is 5.73 Å². The van der Waals surface area contributed by atoms with Gasteiger partial charge in [0.2, 0.25) is 0 Å². The molecule has 0 radical (unpaired) electrons. The van der Waals surface area contributed by atoms with Crippen LogP contribution in [0.1, 0.15) is 27.2 Å². The fraction of sp³-hybridized carbons (Fsp3) is 0.900. The van der Waals surface area contributed by atoms with E-state index in [4.69, 9.17) is 10.5 Å². The average Bonchev–Trinajstić information content (AvgIpc) is 2.45. The van der Waals surface area contributed by atoms with Crippen LogP contribution in [-0.4, -0.2) is 36.0 Å². The average molecular weight is 255 g/mol. The summed E-state index contributed by atoms with van der Waals surface area (Å²) in [6.07, 6.45) is -7.12. The zero-order valence-corrected chi connectivity index (χ0v) is 9.93. The highest BCUT2D eigenvalue weighted by atomic mass is 19.4. The lowest BCUT2D eigenvalue weighted by Crippen LogP contribution is -2.52. The van der Waals surface area contributed by atoms with Crippen molar-refractivity contribution in [3.8, 4) is 0 Å². The maximum Gasteiger partial charge on any atom is 0.414 e. The van der Waals surface area contributed by atoms with Crippen molar-refractivity contribution in [1.29, 1.82) is 0 Å². The van der Waals surface area contributed by atoms with Gasteiger partial charge in [-0.25, -0.2) is 4.79 Å². The number of carbonyl (C=O) groups excluding carboxylic acids is 1. The maximum absolute atomic E-state index is 12.4. The van der Waals surface area contributed by atoms with Crippen molar-refractivity contribution < 1.29 is 27.4 Å². The van der Waals surface area contributed by atoms with Crippen LogP contribution in [0.15, 0.2) is 0 Å². The number of hydrogen-bond acceptors (Lipinski definition) is 4. The fourth-order valence-electron chi connectivity index (χ4n) is 1.43. The predicted molar refractivity (Wildman–Crippen MR) is 53.2 cm³/mol. The standard InChI is InChI=1S/C10H16F3NO3/c1-8(2,3)17-7(15)9(14)4-6(16-5-9)10(11,12)13/h6H,4-5,14H2,1-3H3/t6-,9-/m0/s1. The summed E-state index contributed by atoms with van der Waals surface area (Å²) < 4.78 is 46.6.